The maximum atomic E-state index is 12.3. The maximum absolute atomic E-state index is 12.3. The Labute approximate surface area is 158 Å². The number of rotatable bonds is 6. The molecule has 2 aromatic carbocycles. The molecule has 2 rings (SSSR count). The van der Waals surface area contributed by atoms with Gasteiger partial charge in [-0.25, -0.2) is 4.79 Å². The average Bonchev–Trinajstić information content (AvgIpc) is 2.65. The van der Waals surface area contributed by atoms with Crippen molar-refractivity contribution in [1.82, 2.24) is 0 Å². The first-order valence-electron chi connectivity index (χ1n) is 8.56. The first-order valence-corrected chi connectivity index (χ1v) is 8.56. The van der Waals surface area contributed by atoms with Crippen molar-refractivity contribution in [3.63, 3.8) is 0 Å². The average molecular weight is 366 g/mol. The van der Waals surface area contributed by atoms with E-state index in [0.717, 1.165) is 11.1 Å². The SMILES string of the molecule is Cc1cccc(C)c1NC(=O)[C@H](C)OC(=O)[C@H](C)Oc1ccc(C#N)cc1. The van der Waals surface area contributed by atoms with E-state index in [1.165, 1.54) is 13.8 Å². The number of benzene rings is 2. The Morgan fingerprint density at radius 2 is 1.59 bits per heavy atom. The van der Waals surface area contributed by atoms with E-state index in [0.29, 0.717) is 17.0 Å². The molecule has 0 heterocycles. The molecule has 0 unspecified atom stereocenters. The van der Waals surface area contributed by atoms with Crippen molar-refractivity contribution >= 4 is 17.6 Å². The molecule has 1 amide bonds. The second-order valence-electron chi connectivity index (χ2n) is 6.23. The molecule has 1 N–H and O–H groups in total. The second-order valence-corrected chi connectivity index (χ2v) is 6.23. The molecule has 2 aromatic rings. The third kappa shape index (κ3) is 5.32. The third-order valence-corrected chi connectivity index (χ3v) is 4.02. The van der Waals surface area contributed by atoms with Crippen molar-refractivity contribution in [3.8, 4) is 11.8 Å². The number of aryl methyl sites for hydroxylation is 2. The van der Waals surface area contributed by atoms with Crippen LogP contribution in [0.15, 0.2) is 42.5 Å². The van der Waals surface area contributed by atoms with Gasteiger partial charge in [0, 0.05) is 5.69 Å². The van der Waals surface area contributed by atoms with Gasteiger partial charge in [-0.05, 0) is 63.1 Å². The van der Waals surface area contributed by atoms with E-state index in [-0.39, 0.29) is 0 Å². The standard InChI is InChI=1S/C21H22N2O4/c1-13-6-5-7-14(2)19(13)23-20(24)15(3)27-21(25)16(4)26-18-10-8-17(12-22)9-11-18/h5-11,15-16H,1-4H3,(H,23,24)/t15-,16-/m0/s1. The number of ether oxygens (including phenoxy) is 2. The van der Waals surface area contributed by atoms with Crippen LogP contribution in [0.5, 0.6) is 5.75 Å². The van der Waals surface area contributed by atoms with Crippen molar-refractivity contribution in [1.29, 1.82) is 5.26 Å². The lowest BCUT2D eigenvalue weighted by molar-refractivity contribution is -0.159. The van der Waals surface area contributed by atoms with Crippen LogP contribution in [-0.4, -0.2) is 24.1 Å². The van der Waals surface area contributed by atoms with Gasteiger partial charge in [0.25, 0.3) is 5.91 Å². The van der Waals surface area contributed by atoms with E-state index in [9.17, 15) is 9.59 Å². The third-order valence-electron chi connectivity index (χ3n) is 4.02. The Morgan fingerprint density at radius 3 is 2.15 bits per heavy atom. The minimum atomic E-state index is -0.969. The molecule has 6 heteroatoms. The van der Waals surface area contributed by atoms with Crippen LogP contribution in [0, 0.1) is 25.2 Å². The highest BCUT2D eigenvalue weighted by atomic mass is 16.6. The Morgan fingerprint density at radius 1 is 1.00 bits per heavy atom. The first kappa shape index (κ1) is 20.0. The number of carbonyl (C=O) groups is 2. The fourth-order valence-corrected chi connectivity index (χ4v) is 2.42. The number of carbonyl (C=O) groups excluding carboxylic acids is 2. The van der Waals surface area contributed by atoms with Crippen molar-refractivity contribution in [2.24, 2.45) is 0 Å². The molecule has 0 radical (unpaired) electrons. The summed E-state index contributed by atoms with van der Waals surface area (Å²) >= 11 is 0. The van der Waals surface area contributed by atoms with Crippen molar-refractivity contribution in [2.45, 2.75) is 39.9 Å². The Bertz CT molecular complexity index is 848. The van der Waals surface area contributed by atoms with Crippen LogP contribution in [-0.2, 0) is 14.3 Å². The van der Waals surface area contributed by atoms with Gasteiger partial charge in [-0.15, -0.1) is 0 Å². The monoisotopic (exact) mass is 366 g/mol. The smallest absolute Gasteiger partial charge is 0.347 e. The predicted molar refractivity (Wildman–Crippen MR) is 101 cm³/mol. The zero-order chi connectivity index (χ0) is 20.0. The number of hydrogen-bond acceptors (Lipinski definition) is 5. The summed E-state index contributed by atoms with van der Waals surface area (Å²) in [5.41, 5.74) is 3.07. The molecule has 0 aliphatic rings. The van der Waals surface area contributed by atoms with Crippen LogP contribution >= 0.6 is 0 Å². The van der Waals surface area contributed by atoms with Gasteiger partial charge < -0.3 is 14.8 Å². The molecule has 0 aliphatic heterocycles. The summed E-state index contributed by atoms with van der Waals surface area (Å²) < 4.78 is 10.7. The Hall–Kier alpha value is -3.33. The quantitative estimate of drug-likeness (QED) is 0.790. The summed E-state index contributed by atoms with van der Waals surface area (Å²) in [7, 11) is 0. The molecule has 0 spiro atoms. The van der Waals surface area contributed by atoms with Crippen LogP contribution in [0.1, 0.15) is 30.5 Å². The van der Waals surface area contributed by atoms with Crippen LogP contribution in [0.3, 0.4) is 0 Å². The van der Waals surface area contributed by atoms with E-state index < -0.39 is 24.1 Å². The van der Waals surface area contributed by atoms with E-state index in [4.69, 9.17) is 14.7 Å². The zero-order valence-corrected chi connectivity index (χ0v) is 15.8. The second kappa shape index (κ2) is 8.86. The van der Waals surface area contributed by atoms with Crippen molar-refractivity contribution in [2.75, 3.05) is 5.32 Å². The van der Waals surface area contributed by atoms with Crippen LogP contribution in [0.4, 0.5) is 5.69 Å². The minimum Gasteiger partial charge on any atom is -0.479 e. The molecule has 0 fully saturated rings. The first-order chi connectivity index (χ1) is 12.8. The Kier molecular flexibility index (Phi) is 6.56. The topological polar surface area (TPSA) is 88.4 Å². The number of anilines is 1. The van der Waals surface area contributed by atoms with Gasteiger partial charge in [0.2, 0.25) is 0 Å². The lowest BCUT2D eigenvalue weighted by Crippen LogP contribution is -2.35. The fraction of sp³-hybridized carbons (Fsp3) is 0.286. The number of hydrogen-bond donors (Lipinski definition) is 1. The van der Waals surface area contributed by atoms with Crippen LogP contribution in [0.25, 0.3) is 0 Å². The normalized spacial score (nSPS) is 12.4. The van der Waals surface area contributed by atoms with Crippen LogP contribution in [0.2, 0.25) is 0 Å². The highest BCUT2D eigenvalue weighted by Crippen LogP contribution is 2.20. The maximum Gasteiger partial charge on any atom is 0.347 e. The van der Waals surface area contributed by atoms with Gasteiger partial charge >= 0.3 is 5.97 Å². The van der Waals surface area contributed by atoms with Crippen LogP contribution < -0.4 is 10.1 Å². The minimum absolute atomic E-state index is 0.411. The predicted octanol–water partition coefficient (Wildman–Crippen LogP) is 3.51. The molecular weight excluding hydrogens is 344 g/mol. The van der Waals surface area contributed by atoms with E-state index in [2.05, 4.69) is 5.32 Å². The lowest BCUT2D eigenvalue weighted by Gasteiger charge is -2.19. The van der Waals surface area contributed by atoms with Gasteiger partial charge in [0.1, 0.15) is 5.75 Å². The van der Waals surface area contributed by atoms with Crippen molar-refractivity contribution < 1.29 is 19.1 Å². The fourth-order valence-electron chi connectivity index (χ4n) is 2.42. The van der Waals surface area contributed by atoms with E-state index in [1.807, 2.05) is 38.1 Å². The van der Waals surface area contributed by atoms with Gasteiger partial charge in [-0.1, -0.05) is 18.2 Å². The van der Waals surface area contributed by atoms with Crippen molar-refractivity contribution in [3.05, 3.63) is 59.2 Å². The molecule has 0 aliphatic carbocycles. The summed E-state index contributed by atoms with van der Waals surface area (Å²) in [6.07, 6.45) is -1.86. The molecule has 0 saturated carbocycles. The number of nitrogens with zero attached hydrogens (tertiary/aromatic N) is 1. The number of para-hydroxylation sites is 1. The largest absolute Gasteiger partial charge is 0.479 e. The summed E-state index contributed by atoms with van der Waals surface area (Å²) in [6.45, 7) is 6.84. The molecule has 2 atom stereocenters. The van der Waals surface area contributed by atoms with Gasteiger partial charge in [-0.2, -0.15) is 5.26 Å². The number of nitriles is 1. The molecule has 0 saturated heterocycles. The molecule has 6 nitrogen and oxygen atoms in total. The van der Waals surface area contributed by atoms with Gasteiger partial charge in [0.15, 0.2) is 12.2 Å². The van der Waals surface area contributed by atoms with Gasteiger partial charge in [-0.3, -0.25) is 4.79 Å². The number of esters is 1. The highest BCUT2D eigenvalue weighted by molar-refractivity contribution is 5.96. The molecule has 27 heavy (non-hydrogen) atoms. The lowest BCUT2D eigenvalue weighted by atomic mass is 10.1. The molecular formula is C21H22N2O4. The summed E-state index contributed by atoms with van der Waals surface area (Å²) in [5, 5.41) is 11.6. The summed E-state index contributed by atoms with van der Waals surface area (Å²) in [5.74, 6) is -0.624. The summed E-state index contributed by atoms with van der Waals surface area (Å²) in [4.78, 5) is 24.5. The number of nitrogens with one attached hydrogen (secondary N) is 1. The summed E-state index contributed by atoms with van der Waals surface area (Å²) in [6, 6.07) is 14.1. The van der Waals surface area contributed by atoms with Gasteiger partial charge in [0.05, 0.1) is 11.6 Å². The molecule has 140 valence electrons. The van der Waals surface area contributed by atoms with E-state index in [1.54, 1.807) is 24.3 Å². The zero-order valence-electron chi connectivity index (χ0n) is 15.8. The number of amides is 1. The molecule has 0 aromatic heterocycles. The van der Waals surface area contributed by atoms with E-state index >= 15 is 0 Å². The Balaban J connectivity index is 1.93. The molecule has 0 bridgehead atoms. The highest BCUT2D eigenvalue weighted by Gasteiger charge is 2.24.